The van der Waals surface area contributed by atoms with Gasteiger partial charge in [-0.25, -0.2) is 0 Å². The molecule has 0 aliphatic carbocycles. The first-order valence-corrected chi connectivity index (χ1v) is 8.67. The summed E-state index contributed by atoms with van der Waals surface area (Å²) in [7, 11) is 1.60. The van der Waals surface area contributed by atoms with Crippen molar-refractivity contribution in [3.05, 3.63) is 58.6 Å². The van der Waals surface area contributed by atoms with Gasteiger partial charge in [-0.15, -0.1) is 0 Å². The zero-order chi connectivity index (χ0) is 19.1. The van der Waals surface area contributed by atoms with Gasteiger partial charge in [0.2, 0.25) is 0 Å². The standard InChI is InChI=1S/C20H22ClNO4/c1-13-17(21)5-4-6-18(13)22-20(24)14(2)26-19(23)12-9-15-7-10-16(25-3)11-8-15/h4-8,10-11,14H,9,12H2,1-3H3,(H,22,24)/t14-/m1/s1. The molecule has 26 heavy (non-hydrogen) atoms. The fourth-order valence-corrected chi connectivity index (χ4v) is 2.50. The highest BCUT2D eigenvalue weighted by molar-refractivity contribution is 6.31. The van der Waals surface area contributed by atoms with Gasteiger partial charge in [0, 0.05) is 17.1 Å². The summed E-state index contributed by atoms with van der Waals surface area (Å²) in [6, 6.07) is 12.7. The molecule has 0 aliphatic rings. The van der Waals surface area contributed by atoms with Crippen molar-refractivity contribution < 1.29 is 19.1 Å². The van der Waals surface area contributed by atoms with E-state index in [4.69, 9.17) is 21.1 Å². The predicted octanol–water partition coefficient (Wildman–Crippen LogP) is 4.16. The molecular weight excluding hydrogens is 354 g/mol. The van der Waals surface area contributed by atoms with Crippen molar-refractivity contribution in [3.8, 4) is 5.75 Å². The van der Waals surface area contributed by atoms with Crippen LogP contribution in [0.2, 0.25) is 5.02 Å². The number of anilines is 1. The Balaban J connectivity index is 1.83. The number of hydrogen-bond acceptors (Lipinski definition) is 4. The fourth-order valence-electron chi connectivity index (χ4n) is 2.33. The molecule has 0 heterocycles. The van der Waals surface area contributed by atoms with Gasteiger partial charge in [-0.05, 0) is 55.7 Å². The first kappa shape index (κ1) is 19.8. The van der Waals surface area contributed by atoms with Crippen molar-refractivity contribution in [1.82, 2.24) is 0 Å². The highest BCUT2D eigenvalue weighted by atomic mass is 35.5. The number of nitrogens with one attached hydrogen (secondary N) is 1. The topological polar surface area (TPSA) is 64.6 Å². The van der Waals surface area contributed by atoms with Crippen LogP contribution in [0.1, 0.15) is 24.5 Å². The zero-order valence-electron chi connectivity index (χ0n) is 15.0. The SMILES string of the molecule is COc1ccc(CCC(=O)O[C@H](C)C(=O)Nc2cccc(Cl)c2C)cc1. The average Bonchev–Trinajstić information content (AvgIpc) is 2.64. The number of rotatable bonds is 7. The number of halogens is 1. The summed E-state index contributed by atoms with van der Waals surface area (Å²) in [6.07, 6.45) is -0.165. The summed E-state index contributed by atoms with van der Waals surface area (Å²) in [5.74, 6) is -0.0580. The van der Waals surface area contributed by atoms with E-state index in [1.165, 1.54) is 0 Å². The van der Waals surface area contributed by atoms with Crippen molar-refractivity contribution >= 4 is 29.2 Å². The van der Waals surface area contributed by atoms with E-state index in [9.17, 15) is 9.59 Å². The van der Waals surface area contributed by atoms with Crippen LogP contribution in [0.5, 0.6) is 5.75 Å². The predicted molar refractivity (Wildman–Crippen MR) is 102 cm³/mol. The lowest BCUT2D eigenvalue weighted by molar-refractivity contribution is -0.153. The van der Waals surface area contributed by atoms with Gasteiger partial charge >= 0.3 is 5.97 Å². The first-order chi connectivity index (χ1) is 12.4. The summed E-state index contributed by atoms with van der Waals surface area (Å²) >= 11 is 6.04. The van der Waals surface area contributed by atoms with Gasteiger partial charge in [0.05, 0.1) is 7.11 Å². The molecule has 2 aromatic rings. The second-order valence-corrected chi connectivity index (χ2v) is 6.29. The van der Waals surface area contributed by atoms with Gasteiger partial charge in [-0.1, -0.05) is 29.8 Å². The lowest BCUT2D eigenvalue weighted by Gasteiger charge is -2.15. The molecule has 5 nitrogen and oxygen atoms in total. The Bertz CT molecular complexity index is 774. The van der Waals surface area contributed by atoms with Crippen LogP contribution in [0.3, 0.4) is 0 Å². The number of carbonyl (C=O) groups excluding carboxylic acids is 2. The van der Waals surface area contributed by atoms with E-state index in [2.05, 4.69) is 5.32 Å². The van der Waals surface area contributed by atoms with Gasteiger partial charge in [0.15, 0.2) is 6.10 Å². The summed E-state index contributed by atoms with van der Waals surface area (Å²) in [5, 5.41) is 3.29. The molecule has 2 aromatic carbocycles. The monoisotopic (exact) mass is 375 g/mol. The Morgan fingerprint density at radius 2 is 1.85 bits per heavy atom. The summed E-state index contributed by atoms with van der Waals surface area (Å²) in [5.41, 5.74) is 2.36. The Hall–Kier alpha value is -2.53. The largest absolute Gasteiger partial charge is 0.497 e. The fraction of sp³-hybridized carbons (Fsp3) is 0.300. The Morgan fingerprint density at radius 1 is 1.15 bits per heavy atom. The van der Waals surface area contributed by atoms with Crippen molar-refractivity contribution in [1.29, 1.82) is 0 Å². The summed E-state index contributed by atoms with van der Waals surface area (Å²) in [6.45, 7) is 3.35. The second-order valence-electron chi connectivity index (χ2n) is 5.88. The van der Waals surface area contributed by atoms with E-state index >= 15 is 0 Å². The molecule has 2 rings (SSSR count). The van der Waals surface area contributed by atoms with Crippen LogP contribution in [-0.4, -0.2) is 25.1 Å². The quantitative estimate of drug-likeness (QED) is 0.738. The van der Waals surface area contributed by atoms with Gasteiger partial charge in [0.1, 0.15) is 5.75 Å². The van der Waals surface area contributed by atoms with Crippen LogP contribution in [0.4, 0.5) is 5.69 Å². The maximum absolute atomic E-state index is 12.2. The molecule has 1 amide bonds. The van der Waals surface area contributed by atoms with E-state index in [0.717, 1.165) is 16.9 Å². The number of methoxy groups -OCH3 is 1. The summed E-state index contributed by atoms with van der Waals surface area (Å²) in [4.78, 5) is 24.2. The Labute approximate surface area is 158 Å². The third-order valence-electron chi connectivity index (χ3n) is 3.98. The minimum atomic E-state index is -0.892. The van der Waals surface area contributed by atoms with Crippen molar-refractivity contribution in [2.24, 2.45) is 0 Å². The maximum Gasteiger partial charge on any atom is 0.306 e. The number of amides is 1. The molecule has 138 valence electrons. The Kier molecular flexibility index (Phi) is 7.04. The second kappa shape index (κ2) is 9.25. The van der Waals surface area contributed by atoms with Gasteiger partial charge in [-0.2, -0.15) is 0 Å². The van der Waals surface area contributed by atoms with Crippen LogP contribution < -0.4 is 10.1 Å². The maximum atomic E-state index is 12.2. The number of aryl methyl sites for hydroxylation is 1. The third kappa shape index (κ3) is 5.49. The normalized spacial score (nSPS) is 11.5. The molecule has 0 unspecified atom stereocenters. The summed E-state index contributed by atoms with van der Waals surface area (Å²) < 4.78 is 10.3. The van der Waals surface area contributed by atoms with Crippen molar-refractivity contribution in [2.75, 3.05) is 12.4 Å². The van der Waals surface area contributed by atoms with Crippen molar-refractivity contribution in [3.63, 3.8) is 0 Å². The highest BCUT2D eigenvalue weighted by Gasteiger charge is 2.18. The molecule has 0 saturated heterocycles. The minimum Gasteiger partial charge on any atom is -0.497 e. The molecule has 1 N–H and O–H groups in total. The third-order valence-corrected chi connectivity index (χ3v) is 4.39. The average molecular weight is 376 g/mol. The van der Waals surface area contributed by atoms with E-state index < -0.39 is 18.0 Å². The number of ether oxygens (including phenoxy) is 2. The molecule has 0 spiro atoms. The van der Waals surface area contributed by atoms with E-state index in [0.29, 0.717) is 17.1 Å². The smallest absolute Gasteiger partial charge is 0.306 e. The molecule has 0 aromatic heterocycles. The molecule has 0 bridgehead atoms. The number of carbonyl (C=O) groups is 2. The van der Waals surface area contributed by atoms with Gasteiger partial charge < -0.3 is 14.8 Å². The van der Waals surface area contributed by atoms with E-state index in [-0.39, 0.29) is 6.42 Å². The molecule has 0 aliphatic heterocycles. The van der Waals surface area contributed by atoms with E-state index in [1.54, 1.807) is 32.2 Å². The molecule has 1 atom stereocenters. The number of benzene rings is 2. The van der Waals surface area contributed by atoms with E-state index in [1.807, 2.05) is 31.2 Å². The van der Waals surface area contributed by atoms with Crippen LogP contribution in [0.15, 0.2) is 42.5 Å². The lowest BCUT2D eigenvalue weighted by Crippen LogP contribution is -2.30. The van der Waals surface area contributed by atoms with Crippen LogP contribution >= 0.6 is 11.6 Å². The Morgan fingerprint density at radius 3 is 2.50 bits per heavy atom. The van der Waals surface area contributed by atoms with Gasteiger partial charge in [-0.3, -0.25) is 9.59 Å². The molecule has 0 fully saturated rings. The first-order valence-electron chi connectivity index (χ1n) is 8.29. The van der Waals surface area contributed by atoms with Crippen molar-refractivity contribution in [2.45, 2.75) is 32.8 Å². The minimum absolute atomic E-state index is 0.195. The number of hydrogen-bond donors (Lipinski definition) is 1. The van der Waals surface area contributed by atoms with Crippen LogP contribution in [0.25, 0.3) is 0 Å². The molecule has 0 radical (unpaired) electrons. The van der Waals surface area contributed by atoms with Crippen LogP contribution in [0, 0.1) is 6.92 Å². The number of esters is 1. The zero-order valence-corrected chi connectivity index (χ0v) is 15.8. The molecule has 6 heteroatoms. The molecular formula is C20H22ClNO4. The van der Waals surface area contributed by atoms with Gasteiger partial charge in [0.25, 0.3) is 5.91 Å². The van der Waals surface area contributed by atoms with Crippen LogP contribution in [-0.2, 0) is 20.7 Å². The lowest BCUT2D eigenvalue weighted by atomic mass is 10.1. The highest BCUT2D eigenvalue weighted by Crippen LogP contribution is 2.23. The molecule has 0 saturated carbocycles.